The molecule has 0 spiro atoms. The number of methoxy groups -OCH3 is 2. The second kappa shape index (κ2) is 10.7. The molecule has 0 radical (unpaired) electrons. The van der Waals surface area contributed by atoms with Crippen molar-refractivity contribution in [3.63, 3.8) is 0 Å². The summed E-state index contributed by atoms with van der Waals surface area (Å²) in [6.07, 6.45) is 0. The van der Waals surface area contributed by atoms with E-state index in [9.17, 15) is 0 Å². The Kier molecular flexibility index (Phi) is 11.5. The Balaban J connectivity index is 0. The van der Waals surface area contributed by atoms with Crippen molar-refractivity contribution in [1.29, 1.82) is 0 Å². The summed E-state index contributed by atoms with van der Waals surface area (Å²) < 4.78 is 9.92. The van der Waals surface area contributed by atoms with Crippen molar-refractivity contribution < 1.29 is 9.47 Å². The van der Waals surface area contributed by atoms with Crippen molar-refractivity contribution in [3.05, 3.63) is 18.2 Å². The summed E-state index contributed by atoms with van der Waals surface area (Å²) in [5.74, 6) is 1.41. The van der Waals surface area contributed by atoms with Gasteiger partial charge in [0.2, 0.25) is 0 Å². The van der Waals surface area contributed by atoms with E-state index in [4.69, 9.17) is 15.2 Å². The summed E-state index contributed by atoms with van der Waals surface area (Å²) in [6, 6.07) is 5.29. The number of nitrogens with two attached hydrogens (primary N) is 1. The summed E-state index contributed by atoms with van der Waals surface area (Å²) in [5, 5.41) is 0. The predicted octanol–water partition coefficient (Wildman–Crippen LogP) is 3.34. The van der Waals surface area contributed by atoms with Gasteiger partial charge in [0.25, 0.3) is 0 Å². The molecule has 0 fully saturated rings. The third-order valence-electron chi connectivity index (χ3n) is 1.44. The van der Waals surface area contributed by atoms with Gasteiger partial charge >= 0.3 is 0 Å². The fourth-order valence-electron chi connectivity index (χ4n) is 0.839. The summed E-state index contributed by atoms with van der Waals surface area (Å²) >= 11 is 0. The second-order valence-electron chi connectivity index (χ2n) is 2.11. The molecule has 1 aromatic rings. The Hall–Kier alpha value is -1.38. The lowest BCUT2D eigenvalue weighted by atomic mass is 10.3. The molecule has 0 atom stereocenters. The largest absolute Gasteiger partial charge is 0.497 e. The number of benzene rings is 1. The molecule has 88 valence electrons. The maximum absolute atomic E-state index is 5.60. The molecule has 1 aromatic carbocycles. The van der Waals surface area contributed by atoms with E-state index in [1.165, 1.54) is 0 Å². The van der Waals surface area contributed by atoms with E-state index in [-0.39, 0.29) is 0 Å². The quantitative estimate of drug-likeness (QED) is 0.766. The Morgan fingerprint density at radius 1 is 0.933 bits per heavy atom. The highest BCUT2D eigenvalue weighted by molar-refractivity contribution is 5.55. The first-order valence-electron chi connectivity index (χ1n) is 5.25. The Morgan fingerprint density at radius 3 is 1.80 bits per heavy atom. The van der Waals surface area contributed by atoms with E-state index < -0.39 is 0 Å². The van der Waals surface area contributed by atoms with Crippen LogP contribution in [0.5, 0.6) is 11.5 Å². The molecular weight excluding hydrogens is 190 g/mol. The first-order chi connectivity index (χ1) is 7.27. The minimum atomic E-state index is 0.590. The fourth-order valence-corrected chi connectivity index (χ4v) is 0.839. The van der Waals surface area contributed by atoms with Gasteiger partial charge in [-0.15, -0.1) is 0 Å². The highest BCUT2D eigenvalue weighted by atomic mass is 16.5. The van der Waals surface area contributed by atoms with Crippen LogP contribution in [0.1, 0.15) is 27.7 Å². The van der Waals surface area contributed by atoms with Crippen molar-refractivity contribution in [1.82, 2.24) is 0 Å². The minimum absolute atomic E-state index is 0.590. The molecule has 0 aromatic heterocycles. The van der Waals surface area contributed by atoms with Crippen molar-refractivity contribution in [2.24, 2.45) is 0 Å². The first-order valence-corrected chi connectivity index (χ1v) is 5.25. The topological polar surface area (TPSA) is 44.5 Å². The first kappa shape index (κ1) is 16.1. The molecule has 2 N–H and O–H groups in total. The molecule has 15 heavy (non-hydrogen) atoms. The summed E-state index contributed by atoms with van der Waals surface area (Å²) in [5.41, 5.74) is 6.19. The molecule has 0 aliphatic carbocycles. The highest BCUT2D eigenvalue weighted by Gasteiger charge is 1.98. The Morgan fingerprint density at radius 2 is 1.47 bits per heavy atom. The summed E-state index contributed by atoms with van der Waals surface area (Å²) in [4.78, 5) is 0. The van der Waals surface area contributed by atoms with Crippen LogP contribution < -0.4 is 15.2 Å². The van der Waals surface area contributed by atoms with Crippen LogP contribution in [0.4, 0.5) is 5.69 Å². The molecule has 0 aliphatic heterocycles. The van der Waals surface area contributed by atoms with Crippen LogP contribution in [-0.4, -0.2) is 14.2 Å². The molecule has 0 amide bonds. The van der Waals surface area contributed by atoms with Gasteiger partial charge in [0.15, 0.2) is 0 Å². The lowest BCUT2D eigenvalue weighted by molar-refractivity contribution is 0.405. The molecule has 3 nitrogen and oxygen atoms in total. The van der Waals surface area contributed by atoms with E-state index in [1.54, 1.807) is 32.4 Å². The number of ether oxygens (including phenoxy) is 2. The van der Waals surface area contributed by atoms with E-state index >= 15 is 0 Å². The van der Waals surface area contributed by atoms with E-state index in [0.717, 1.165) is 5.75 Å². The minimum Gasteiger partial charge on any atom is -0.497 e. The third-order valence-corrected chi connectivity index (χ3v) is 1.44. The normalized spacial score (nSPS) is 7.60. The van der Waals surface area contributed by atoms with Gasteiger partial charge in [0.05, 0.1) is 19.9 Å². The van der Waals surface area contributed by atoms with Gasteiger partial charge in [-0.2, -0.15) is 0 Å². The van der Waals surface area contributed by atoms with Gasteiger partial charge in [-0.25, -0.2) is 0 Å². The Bertz CT molecular complexity index is 249. The van der Waals surface area contributed by atoms with Crippen LogP contribution in [0, 0.1) is 0 Å². The van der Waals surface area contributed by atoms with Gasteiger partial charge in [-0.1, -0.05) is 27.7 Å². The maximum Gasteiger partial charge on any atom is 0.142 e. The number of hydrogen-bond donors (Lipinski definition) is 1. The number of hydrogen-bond acceptors (Lipinski definition) is 3. The zero-order chi connectivity index (χ0) is 12.3. The smallest absolute Gasteiger partial charge is 0.142 e. The molecule has 1 rings (SSSR count). The molecule has 0 saturated carbocycles. The van der Waals surface area contributed by atoms with Crippen molar-refractivity contribution >= 4 is 5.69 Å². The SMILES string of the molecule is CC.CC.COc1ccc(OC)c(N)c1. The molecule has 0 saturated heterocycles. The lowest BCUT2D eigenvalue weighted by Crippen LogP contribution is -1.92. The second-order valence-corrected chi connectivity index (χ2v) is 2.11. The maximum atomic E-state index is 5.60. The summed E-state index contributed by atoms with van der Waals surface area (Å²) in [7, 11) is 3.18. The average Bonchev–Trinajstić information content (AvgIpc) is 2.34. The van der Waals surface area contributed by atoms with Crippen LogP contribution in [-0.2, 0) is 0 Å². The van der Waals surface area contributed by atoms with E-state index in [0.29, 0.717) is 11.4 Å². The monoisotopic (exact) mass is 213 g/mol. The molecule has 0 aliphatic rings. The lowest BCUT2D eigenvalue weighted by Gasteiger charge is -2.05. The van der Waals surface area contributed by atoms with Crippen LogP contribution in [0.2, 0.25) is 0 Å². The highest BCUT2D eigenvalue weighted by Crippen LogP contribution is 2.25. The predicted molar refractivity (Wildman–Crippen MR) is 66.7 cm³/mol. The van der Waals surface area contributed by atoms with Gasteiger partial charge in [0.1, 0.15) is 11.5 Å². The number of anilines is 1. The number of rotatable bonds is 2. The van der Waals surface area contributed by atoms with Crippen LogP contribution in [0.25, 0.3) is 0 Å². The van der Waals surface area contributed by atoms with E-state index in [2.05, 4.69) is 0 Å². The van der Waals surface area contributed by atoms with Crippen LogP contribution in [0.3, 0.4) is 0 Å². The number of nitrogen functional groups attached to an aromatic ring is 1. The molecule has 0 bridgehead atoms. The molecule has 3 heteroatoms. The van der Waals surface area contributed by atoms with Crippen molar-refractivity contribution in [2.45, 2.75) is 27.7 Å². The zero-order valence-corrected chi connectivity index (χ0v) is 10.6. The van der Waals surface area contributed by atoms with Crippen LogP contribution in [0.15, 0.2) is 18.2 Å². The average molecular weight is 213 g/mol. The standard InChI is InChI=1S/C8H11NO2.2C2H6/c1-10-6-3-4-8(11-2)7(9)5-6;2*1-2/h3-5H,9H2,1-2H3;2*1-2H3. The third kappa shape index (κ3) is 5.83. The van der Waals surface area contributed by atoms with Crippen molar-refractivity contribution in [3.8, 4) is 11.5 Å². The van der Waals surface area contributed by atoms with Gasteiger partial charge in [0, 0.05) is 6.07 Å². The van der Waals surface area contributed by atoms with Crippen LogP contribution >= 0.6 is 0 Å². The molecule has 0 heterocycles. The molecule has 0 unspecified atom stereocenters. The fraction of sp³-hybridized carbons (Fsp3) is 0.500. The summed E-state index contributed by atoms with van der Waals surface area (Å²) in [6.45, 7) is 8.00. The van der Waals surface area contributed by atoms with Crippen molar-refractivity contribution in [2.75, 3.05) is 20.0 Å². The van der Waals surface area contributed by atoms with Gasteiger partial charge < -0.3 is 15.2 Å². The van der Waals surface area contributed by atoms with E-state index in [1.807, 2.05) is 27.7 Å². The Labute approximate surface area is 93.2 Å². The molecular formula is C12H23NO2. The van der Waals surface area contributed by atoms with Gasteiger partial charge in [-0.05, 0) is 12.1 Å². The van der Waals surface area contributed by atoms with Gasteiger partial charge in [-0.3, -0.25) is 0 Å². The zero-order valence-electron chi connectivity index (χ0n) is 10.6.